The number of alkyl halides is 3. The summed E-state index contributed by atoms with van der Waals surface area (Å²) in [5, 5.41) is 18.9. The van der Waals surface area contributed by atoms with E-state index in [1.165, 1.54) is 0 Å². The van der Waals surface area contributed by atoms with Crippen LogP contribution in [0.15, 0.2) is 18.2 Å². The molecule has 0 aliphatic heterocycles. The van der Waals surface area contributed by atoms with Gasteiger partial charge in [-0.25, -0.2) is 0 Å². The van der Waals surface area contributed by atoms with Crippen LogP contribution in [0.1, 0.15) is 11.1 Å². The average Bonchev–Trinajstić information content (AvgIpc) is 2.16. The fourth-order valence-electron chi connectivity index (χ4n) is 1.28. The monoisotopic (exact) mass is 235 g/mol. The Bertz CT molecular complexity index is 403. The van der Waals surface area contributed by atoms with E-state index < -0.39 is 29.0 Å². The third-order valence-corrected chi connectivity index (χ3v) is 1.99. The molecule has 0 aromatic heterocycles. The Morgan fingerprint density at radius 2 is 2.00 bits per heavy atom. The number of halogens is 3. The average molecular weight is 235 g/mol. The Balaban J connectivity index is 3.27. The predicted octanol–water partition coefficient (Wildman–Crippen LogP) is 2.15. The lowest BCUT2D eigenvalue weighted by Crippen LogP contribution is -2.10. The molecule has 7 heteroatoms. The lowest BCUT2D eigenvalue weighted by atomic mass is 10.0. The minimum atomic E-state index is -4.66. The van der Waals surface area contributed by atoms with E-state index in [4.69, 9.17) is 5.11 Å². The maximum atomic E-state index is 12.5. The van der Waals surface area contributed by atoms with Gasteiger partial charge in [-0.05, 0) is 12.0 Å². The van der Waals surface area contributed by atoms with Crippen LogP contribution in [0.5, 0.6) is 0 Å². The second kappa shape index (κ2) is 4.48. The SMILES string of the molecule is O=[N+]([O-])c1ccc(CCO)c(C(F)(F)F)c1. The summed E-state index contributed by atoms with van der Waals surface area (Å²) in [5.74, 6) is 0. The van der Waals surface area contributed by atoms with Crippen LogP contribution in [0.3, 0.4) is 0 Å². The standard InChI is InChI=1S/C9H8F3NO3/c10-9(11,12)8-5-7(13(15)16)2-1-6(8)3-4-14/h1-2,5,14H,3-4H2. The Morgan fingerprint density at radius 3 is 2.44 bits per heavy atom. The summed E-state index contributed by atoms with van der Waals surface area (Å²) < 4.78 is 37.5. The molecule has 16 heavy (non-hydrogen) atoms. The Hall–Kier alpha value is -1.63. The molecule has 0 amide bonds. The van der Waals surface area contributed by atoms with E-state index in [2.05, 4.69) is 0 Å². The number of aliphatic hydroxyl groups is 1. The van der Waals surface area contributed by atoms with Crippen LogP contribution in [-0.4, -0.2) is 16.6 Å². The lowest BCUT2D eigenvalue weighted by Gasteiger charge is -2.11. The van der Waals surface area contributed by atoms with Gasteiger partial charge in [-0.3, -0.25) is 10.1 Å². The van der Waals surface area contributed by atoms with E-state index >= 15 is 0 Å². The van der Waals surface area contributed by atoms with Crippen molar-refractivity contribution in [2.75, 3.05) is 6.61 Å². The number of benzene rings is 1. The molecule has 0 spiro atoms. The van der Waals surface area contributed by atoms with Crippen LogP contribution in [0.2, 0.25) is 0 Å². The van der Waals surface area contributed by atoms with E-state index in [0.29, 0.717) is 6.07 Å². The highest BCUT2D eigenvalue weighted by Crippen LogP contribution is 2.34. The molecule has 1 aromatic carbocycles. The summed E-state index contributed by atoms with van der Waals surface area (Å²) in [6, 6.07) is 2.47. The number of nitro groups is 1. The van der Waals surface area contributed by atoms with Gasteiger partial charge in [0.05, 0.1) is 10.5 Å². The van der Waals surface area contributed by atoms with Crippen molar-refractivity contribution < 1.29 is 23.2 Å². The third-order valence-electron chi connectivity index (χ3n) is 1.99. The fraction of sp³-hybridized carbons (Fsp3) is 0.333. The molecule has 4 nitrogen and oxygen atoms in total. The van der Waals surface area contributed by atoms with Gasteiger partial charge in [-0.15, -0.1) is 0 Å². The minimum Gasteiger partial charge on any atom is -0.396 e. The first-order valence-electron chi connectivity index (χ1n) is 4.31. The second-order valence-corrected chi connectivity index (χ2v) is 3.07. The summed E-state index contributed by atoms with van der Waals surface area (Å²) in [4.78, 5) is 9.45. The number of aliphatic hydroxyl groups excluding tert-OH is 1. The predicted molar refractivity (Wildman–Crippen MR) is 48.9 cm³/mol. The van der Waals surface area contributed by atoms with Crippen LogP contribution >= 0.6 is 0 Å². The molecule has 0 aliphatic carbocycles. The van der Waals surface area contributed by atoms with Crippen molar-refractivity contribution in [2.45, 2.75) is 12.6 Å². The quantitative estimate of drug-likeness (QED) is 0.644. The number of rotatable bonds is 3. The molecule has 1 N–H and O–H groups in total. The van der Waals surface area contributed by atoms with Gasteiger partial charge in [0.2, 0.25) is 0 Å². The normalized spacial score (nSPS) is 11.5. The van der Waals surface area contributed by atoms with Crippen molar-refractivity contribution in [1.82, 2.24) is 0 Å². The maximum Gasteiger partial charge on any atom is 0.416 e. The van der Waals surface area contributed by atoms with Crippen LogP contribution in [-0.2, 0) is 12.6 Å². The highest BCUT2D eigenvalue weighted by molar-refractivity contribution is 5.41. The molecule has 88 valence electrons. The first-order chi connectivity index (χ1) is 7.36. The van der Waals surface area contributed by atoms with Crippen molar-refractivity contribution in [2.24, 2.45) is 0 Å². The van der Waals surface area contributed by atoms with Gasteiger partial charge in [-0.1, -0.05) is 6.07 Å². The molecular formula is C9H8F3NO3. The first kappa shape index (κ1) is 12.4. The molecule has 1 aromatic rings. The van der Waals surface area contributed by atoms with Crippen molar-refractivity contribution in [1.29, 1.82) is 0 Å². The van der Waals surface area contributed by atoms with Gasteiger partial charge in [0, 0.05) is 18.7 Å². The van der Waals surface area contributed by atoms with E-state index in [9.17, 15) is 23.3 Å². The summed E-state index contributed by atoms with van der Waals surface area (Å²) in [7, 11) is 0. The highest BCUT2D eigenvalue weighted by Gasteiger charge is 2.34. The first-order valence-corrected chi connectivity index (χ1v) is 4.31. The molecule has 1 rings (SSSR count). The highest BCUT2D eigenvalue weighted by atomic mass is 19.4. The van der Waals surface area contributed by atoms with Crippen LogP contribution in [0.4, 0.5) is 18.9 Å². The molecule has 0 heterocycles. The molecule has 0 fully saturated rings. The summed E-state index contributed by atoms with van der Waals surface area (Å²) >= 11 is 0. The van der Waals surface area contributed by atoms with E-state index in [-0.39, 0.29) is 12.0 Å². The molecule has 0 saturated carbocycles. The Labute approximate surface area is 88.5 Å². The molecule has 0 bridgehead atoms. The zero-order chi connectivity index (χ0) is 12.3. The van der Waals surface area contributed by atoms with Crippen LogP contribution in [0, 0.1) is 10.1 Å². The van der Waals surface area contributed by atoms with Crippen molar-refractivity contribution >= 4 is 5.69 Å². The minimum absolute atomic E-state index is 0.152. The Morgan fingerprint density at radius 1 is 1.38 bits per heavy atom. The zero-order valence-corrected chi connectivity index (χ0v) is 7.99. The molecule has 0 unspecified atom stereocenters. The van der Waals surface area contributed by atoms with Gasteiger partial charge in [0.25, 0.3) is 5.69 Å². The summed E-state index contributed by atoms with van der Waals surface area (Å²) in [6.07, 6.45) is -4.84. The number of hydrogen-bond donors (Lipinski definition) is 1. The molecule has 0 atom stereocenters. The number of nitrogens with zero attached hydrogens (tertiary/aromatic N) is 1. The van der Waals surface area contributed by atoms with Crippen molar-refractivity contribution in [3.05, 3.63) is 39.4 Å². The van der Waals surface area contributed by atoms with Crippen LogP contribution < -0.4 is 0 Å². The third kappa shape index (κ3) is 2.69. The van der Waals surface area contributed by atoms with E-state index in [1.807, 2.05) is 0 Å². The second-order valence-electron chi connectivity index (χ2n) is 3.07. The summed E-state index contributed by atoms with van der Waals surface area (Å²) in [6.45, 7) is -0.444. The van der Waals surface area contributed by atoms with Crippen LogP contribution in [0.25, 0.3) is 0 Å². The number of nitro benzene ring substituents is 1. The largest absolute Gasteiger partial charge is 0.416 e. The van der Waals surface area contributed by atoms with Gasteiger partial charge in [-0.2, -0.15) is 13.2 Å². The number of non-ortho nitro benzene ring substituents is 1. The lowest BCUT2D eigenvalue weighted by molar-refractivity contribution is -0.385. The van der Waals surface area contributed by atoms with Gasteiger partial charge in [0.15, 0.2) is 0 Å². The number of hydrogen-bond acceptors (Lipinski definition) is 3. The maximum absolute atomic E-state index is 12.5. The molecular weight excluding hydrogens is 227 g/mol. The Kier molecular flexibility index (Phi) is 3.48. The van der Waals surface area contributed by atoms with Crippen molar-refractivity contribution in [3.63, 3.8) is 0 Å². The zero-order valence-electron chi connectivity index (χ0n) is 7.99. The van der Waals surface area contributed by atoms with E-state index in [1.54, 1.807) is 0 Å². The van der Waals surface area contributed by atoms with Crippen molar-refractivity contribution in [3.8, 4) is 0 Å². The van der Waals surface area contributed by atoms with Gasteiger partial charge >= 0.3 is 6.18 Å². The van der Waals surface area contributed by atoms with Gasteiger partial charge < -0.3 is 5.11 Å². The summed E-state index contributed by atoms with van der Waals surface area (Å²) in [5.41, 5.74) is -1.84. The molecule has 0 radical (unpaired) electrons. The fourth-order valence-corrected chi connectivity index (χ4v) is 1.28. The van der Waals surface area contributed by atoms with E-state index in [0.717, 1.165) is 12.1 Å². The molecule has 0 aliphatic rings. The topological polar surface area (TPSA) is 63.4 Å². The van der Waals surface area contributed by atoms with Gasteiger partial charge in [0.1, 0.15) is 0 Å². The smallest absolute Gasteiger partial charge is 0.396 e. The molecule has 0 saturated heterocycles.